The van der Waals surface area contributed by atoms with Gasteiger partial charge in [0.15, 0.2) is 0 Å². The molecule has 3 N–H and O–H groups in total. The van der Waals surface area contributed by atoms with Gasteiger partial charge in [-0.25, -0.2) is 0 Å². The molecule has 1 saturated heterocycles. The Morgan fingerprint density at radius 2 is 1.79 bits per heavy atom. The summed E-state index contributed by atoms with van der Waals surface area (Å²) >= 11 is 0. The number of nitrogens with two attached hydrogens (primary N) is 1. The molecule has 2 aromatic rings. The topological polar surface area (TPSA) is 58.4 Å². The molecular formula is C20H25N3O. The molecule has 126 valence electrons. The van der Waals surface area contributed by atoms with E-state index in [9.17, 15) is 4.79 Å². The fraction of sp³-hybridized carbons (Fsp3) is 0.350. The predicted molar refractivity (Wildman–Crippen MR) is 97.5 cm³/mol. The van der Waals surface area contributed by atoms with Gasteiger partial charge in [0.1, 0.15) is 5.54 Å². The van der Waals surface area contributed by atoms with E-state index in [0.717, 1.165) is 25.3 Å². The van der Waals surface area contributed by atoms with E-state index in [-0.39, 0.29) is 11.8 Å². The van der Waals surface area contributed by atoms with Gasteiger partial charge in [-0.05, 0) is 24.1 Å². The third-order valence-electron chi connectivity index (χ3n) is 5.03. The fourth-order valence-electron chi connectivity index (χ4n) is 3.59. The Balaban J connectivity index is 1.72. The van der Waals surface area contributed by atoms with Crippen LogP contribution in [0.1, 0.15) is 18.9 Å². The van der Waals surface area contributed by atoms with Crippen LogP contribution in [0.2, 0.25) is 0 Å². The van der Waals surface area contributed by atoms with Gasteiger partial charge in [0.2, 0.25) is 5.91 Å². The third kappa shape index (κ3) is 3.44. The Kier molecular flexibility index (Phi) is 4.86. The van der Waals surface area contributed by atoms with Crippen molar-refractivity contribution in [1.29, 1.82) is 0 Å². The Morgan fingerprint density at radius 1 is 1.17 bits per heavy atom. The summed E-state index contributed by atoms with van der Waals surface area (Å²) in [6, 6.07) is 20.3. The summed E-state index contributed by atoms with van der Waals surface area (Å²) in [5, 5.41) is 3.43. The average molecular weight is 323 g/mol. The highest BCUT2D eigenvalue weighted by atomic mass is 16.1. The largest absolute Gasteiger partial charge is 0.371 e. The van der Waals surface area contributed by atoms with Crippen LogP contribution >= 0.6 is 0 Å². The van der Waals surface area contributed by atoms with Crippen molar-refractivity contribution >= 4 is 11.6 Å². The second kappa shape index (κ2) is 7.05. The number of piperidine rings is 1. The van der Waals surface area contributed by atoms with Crippen LogP contribution in [0.25, 0.3) is 0 Å². The number of anilines is 1. The number of nitrogens with one attached hydrogen (secondary N) is 1. The standard InChI is InChI=1S/C20H25N3O/c1-16-14-23(15-17-8-4-2-5-9-17)13-12-20(16,19(21)24)22-18-10-6-3-7-11-18/h2-11,16,22H,12-15H2,1H3,(H2,21,24)/t16-,20+/m1/s1. The van der Waals surface area contributed by atoms with Gasteiger partial charge in [-0.15, -0.1) is 0 Å². The van der Waals surface area contributed by atoms with Gasteiger partial charge in [0, 0.05) is 31.2 Å². The Bertz CT molecular complexity index is 674. The number of likely N-dealkylation sites (tertiary alicyclic amines) is 1. The van der Waals surface area contributed by atoms with Crippen LogP contribution in [-0.4, -0.2) is 29.4 Å². The maximum absolute atomic E-state index is 12.3. The van der Waals surface area contributed by atoms with Crippen molar-refractivity contribution < 1.29 is 4.79 Å². The molecule has 0 aromatic heterocycles. The van der Waals surface area contributed by atoms with Gasteiger partial charge < -0.3 is 11.1 Å². The number of benzene rings is 2. The SMILES string of the molecule is C[C@@H]1CN(Cc2ccccc2)CC[C@@]1(Nc1ccccc1)C(N)=O. The number of hydrogen-bond acceptors (Lipinski definition) is 3. The van der Waals surface area contributed by atoms with Gasteiger partial charge in [0.25, 0.3) is 0 Å². The molecule has 1 aliphatic rings. The zero-order chi connectivity index (χ0) is 17.0. The third-order valence-corrected chi connectivity index (χ3v) is 5.03. The van der Waals surface area contributed by atoms with Crippen molar-refractivity contribution in [1.82, 2.24) is 4.90 Å². The number of carbonyl (C=O) groups excluding carboxylic acids is 1. The van der Waals surface area contributed by atoms with Gasteiger partial charge in [-0.2, -0.15) is 0 Å². The molecule has 1 heterocycles. The predicted octanol–water partition coefficient (Wildman–Crippen LogP) is 2.86. The molecule has 0 unspecified atom stereocenters. The summed E-state index contributed by atoms with van der Waals surface area (Å²) in [5.74, 6) is -0.133. The molecular weight excluding hydrogens is 298 g/mol. The Morgan fingerprint density at radius 3 is 2.38 bits per heavy atom. The zero-order valence-corrected chi connectivity index (χ0v) is 14.1. The van der Waals surface area contributed by atoms with Crippen molar-refractivity contribution in [3.63, 3.8) is 0 Å². The maximum Gasteiger partial charge on any atom is 0.243 e. The van der Waals surface area contributed by atoms with Crippen molar-refractivity contribution in [2.45, 2.75) is 25.4 Å². The number of carbonyl (C=O) groups is 1. The second-order valence-corrected chi connectivity index (χ2v) is 6.70. The summed E-state index contributed by atoms with van der Waals surface area (Å²) < 4.78 is 0. The average Bonchev–Trinajstić information content (AvgIpc) is 2.59. The molecule has 1 aliphatic heterocycles. The molecule has 4 nitrogen and oxygen atoms in total. The molecule has 2 aromatic carbocycles. The Hall–Kier alpha value is -2.33. The van der Waals surface area contributed by atoms with Crippen LogP contribution in [0.4, 0.5) is 5.69 Å². The second-order valence-electron chi connectivity index (χ2n) is 6.70. The monoisotopic (exact) mass is 323 g/mol. The van der Waals surface area contributed by atoms with E-state index in [1.54, 1.807) is 0 Å². The first-order valence-electron chi connectivity index (χ1n) is 8.49. The lowest BCUT2D eigenvalue weighted by Crippen LogP contribution is -2.62. The van der Waals surface area contributed by atoms with Gasteiger partial charge in [-0.3, -0.25) is 9.69 Å². The first-order chi connectivity index (χ1) is 11.6. The van der Waals surface area contributed by atoms with Crippen molar-refractivity contribution in [3.05, 3.63) is 66.2 Å². The fourth-order valence-corrected chi connectivity index (χ4v) is 3.59. The van der Waals surface area contributed by atoms with E-state index >= 15 is 0 Å². The number of primary amides is 1. The quantitative estimate of drug-likeness (QED) is 0.889. The van der Waals surface area contributed by atoms with Crippen molar-refractivity contribution in [3.8, 4) is 0 Å². The van der Waals surface area contributed by atoms with E-state index < -0.39 is 5.54 Å². The van der Waals surface area contributed by atoms with E-state index in [0.29, 0.717) is 6.42 Å². The highest BCUT2D eigenvalue weighted by Crippen LogP contribution is 2.32. The first kappa shape index (κ1) is 16.5. The lowest BCUT2D eigenvalue weighted by Gasteiger charge is -2.45. The minimum atomic E-state index is -0.686. The molecule has 0 saturated carbocycles. The molecule has 4 heteroatoms. The first-order valence-corrected chi connectivity index (χ1v) is 8.49. The summed E-state index contributed by atoms with van der Waals surface area (Å²) in [6.07, 6.45) is 0.714. The zero-order valence-electron chi connectivity index (χ0n) is 14.1. The summed E-state index contributed by atoms with van der Waals surface area (Å²) in [4.78, 5) is 14.7. The van der Waals surface area contributed by atoms with Crippen LogP contribution in [0, 0.1) is 5.92 Å². The van der Waals surface area contributed by atoms with Gasteiger partial charge >= 0.3 is 0 Å². The van der Waals surface area contributed by atoms with E-state index in [1.807, 2.05) is 36.4 Å². The normalized spacial score (nSPS) is 24.5. The van der Waals surface area contributed by atoms with Crippen LogP contribution in [0.5, 0.6) is 0 Å². The molecule has 1 fully saturated rings. The number of rotatable bonds is 5. The summed E-state index contributed by atoms with van der Waals surface area (Å²) in [6.45, 7) is 4.71. The lowest BCUT2D eigenvalue weighted by atomic mass is 9.77. The van der Waals surface area contributed by atoms with E-state index in [4.69, 9.17) is 5.73 Å². The van der Waals surface area contributed by atoms with E-state index in [2.05, 4.69) is 41.4 Å². The number of para-hydroxylation sites is 1. The minimum absolute atomic E-state index is 0.132. The smallest absolute Gasteiger partial charge is 0.243 e. The van der Waals surface area contributed by atoms with Crippen LogP contribution in [0.15, 0.2) is 60.7 Å². The Labute approximate surface area is 143 Å². The van der Waals surface area contributed by atoms with Crippen LogP contribution < -0.4 is 11.1 Å². The van der Waals surface area contributed by atoms with Crippen LogP contribution in [0.3, 0.4) is 0 Å². The highest BCUT2D eigenvalue weighted by molar-refractivity contribution is 5.88. The van der Waals surface area contributed by atoms with Gasteiger partial charge in [-0.1, -0.05) is 55.5 Å². The minimum Gasteiger partial charge on any atom is -0.371 e. The summed E-state index contributed by atoms with van der Waals surface area (Å²) in [5.41, 5.74) is 7.38. The highest BCUT2D eigenvalue weighted by Gasteiger charge is 2.45. The number of nitrogens with zero attached hydrogens (tertiary/aromatic N) is 1. The molecule has 0 radical (unpaired) electrons. The molecule has 0 bridgehead atoms. The van der Waals surface area contributed by atoms with Gasteiger partial charge in [0.05, 0.1) is 0 Å². The summed E-state index contributed by atoms with van der Waals surface area (Å²) in [7, 11) is 0. The van der Waals surface area contributed by atoms with E-state index in [1.165, 1.54) is 5.56 Å². The van der Waals surface area contributed by atoms with Crippen molar-refractivity contribution in [2.24, 2.45) is 11.7 Å². The van der Waals surface area contributed by atoms with Crippen molar-refractivity contribution in [2.75, 3.05) is 18.4 Å². The maximum atomic E-state index is 12.3. The molecule has 24 heavy (non-hydrogen) atoms. The molecule has 0 spiro atoms. The molecule has 0 aliphatic carbocycles. The lowest BCUT2D eigenvalue weighted by molar-refractivity contribution is -0.125. The number of hydrogen-bond donors (Lipinski definition) is 2. The molecule has 3 rings (SSSR count). The molecule has 1 amide bonds. The molecule has 2 atom stereocenters. The number of amides is 1. The van der Waals surface area contributed by atoms with Crippen LogP contribution in [-0.2, 0) is 11.3 Å².